The lowest BCUT2D eigenvalue weighted by atomic mass is 10.2. The van der Waals surface area contributed by atoms with Gasteiger partial charge in [-0.15, -0.1) is 0 Å². The van der Waals surface area contributed by atoms with E-state index in [4.69, 9.17) is 4.42 Å². The van der Waals surface area contributed by atoms with Crippen molar-refractivity contribution >= 4 is 0 Å². The third-order valence-electron chi connectivity index (χ3n) is 3.61. The van der Waals surface area contributed by atoms with Crippen LogP contribution in [0.2, 0.25) is 0 Å². The van der Waals surface area contributed by atoms with Crippen LogP contribution in [-0.2, 0) is 13.1 Å². The number of hydrogen-bond donors (Lipinski definition) is 1. The Morgan fingerprint density at radius 3 is 3.00 bits per heavy atom. The highest BCUT2D eigenvalue weighted by Crippen LogP contribution is 2.26. The van der Waals surface area contributed by atoms with Gasteiger partial charge >= 0.3 is 0 Å². The van der Waals surface area contributed by atoms with Crippen LogP contribution >= 0.6 is 0 Å². The van der Waals surface area contributed by atoms with Gasteiger partial charge < -0.3 is 9.73 Å². The molecule has 2 aromatic heterocycles. The topological polar surface area (TPSA) is 43.0 Å². The molecule has 0 aliphatic heterocycles. The van der Waals surface area contributed by atoms with E-state index in [1.54, 1.807) is 0 Å². The summed E-state index contributed by atoms with van der Waals surface area (Å²) in [6.07, 6.45) is 5.60. The molecule has 19 heavy (non-hydrogen) atoms. The van der Waals surface area contributed by atoms with Crippen LogP contribution in [0.4, 0.5) is 0 Å². The first kappa shape index (κ1) is 12.5. The van der Waals surface area contributed by atoms with Crippen LogP contribution in [0.15, 0.2) is 22.7 Å². The lowest BCUT2D eigenvalue weighted by molar-refractivity contribution is 0.492. The van der Waals surface area contributed by atoms with E-state index in [1.165, 1.54) is 18.5 Å². The predicted octanol–water partition coefficient (Wildman–Crippen LogP) is 3.11. The molecule has 1 aliphatic carbocycles. The van der Waals surface area contributed by atoms with Crippen LogP contribution < -0.4 is 5.32 Å². The number of nitrogens with zero attached hydrogens (tertiary/aromatic N) is 2. The summed E-state index contributed by atoms with van der Waals surface area (Å²) in [4.78, 5) is 0. The molecule has 4 heteroatoms. The van der Waals surface area contributed by atoms with Gasteiger partial charge in [0, 0.05) is 18.3 Å². The Hall–Kier alpha value is -1.55. The van der Waals surface area contributed by atoms with Crippen LogP contribution in [0.25, 0.3) is 11.3 Å². The lowest BCUT2D eigenvalue weighted by Crippen LogP contribution is -2.14. The van der Waals surface area contributed by atoms with Crippen molar-refractivity contribution in [2.75, 3.05) is 0 Å². The summed E-state index contributed by atoms with van der Waals surface area (Å²) in [5.74, 6) is 1.93. The minimum absolute atomic E-state index is 0.711. The fraction of sp³-hybridized carbons (Fsp3) is 0.533. The van der Waals surface area contributed by atoms with E-state index in [0.29, 0.717) is 6.04 Å². The smallest absolute Gasteiger partial charge is 0.137 e. The first-order chi connectivity index (χ1) is 9.28. The van der Waals surface area contributed by atoms with Crippen molar-refractivity contribution < 1.29 is 4.42 Å². The largest absolute Gasteiger partial charge is 0.460 e. The van der Waals surface area contributed by atoms with Gasteiger partial charge in [0.25, 0.3) is 0 Å². The van der Waals surface area contributed by atoms with Gasteiger partial charge in [-0.3, -0.25) is 4.68 Å². The number of hydrogen-bond acceptors (Lipinski definition) is 3. The molecule has 0 amide bonds. The Labute approximate surface area is 113 Å². The fourth-order valence-corrected chi connectivity index (χ4v) is 2.28. The Kier molecular flexibility index (Phi) is 3.42. The van der Waals surface area contributed by atoms with Crippen molar-refractivity contribution in [1.29, 1.82) is 0 Å². The van der Waals surface area contributed by atoms with Crippen LogP contribution in [-0.4, -0.2) is 15.8 Å². The quantitative estimate of drug-likeness (QED) is 0.866. The fourth-order valence-electron chi connectivity index (χ4n) is 2.28. The van der Waals surface area contributed by atoms with Gasteiger partial charge in [-0.2, -0.15) is 5.10 Å². The van der Waals surface area contributed by atoms with Gasteiger partial charge in [-0.1, -0.05) is 6.92 Å². The van der Waals surface area contributed by atoms with Crippen LogP contribution in [0.3, 0.4) is 0 Å². The molecule has 2 aromatic rings. The highest BCUT2D eigenvalue weighted by Gasteiger charge is 2.20. The highest BCUT2D eigenvalue weighted by atomic mass is 16.3. The molecule has 0 atom stereocenters. The van der Waals surface area contributed by atoms with E-state index in [2.05, 4.69) is 30.3 Å². The summed E-state index contributed by atoms with van der Waals surface area (Å²) in [6.45, 7) is 6.05. The maximum Gasteiger partial charge on any atom is 0.137 e. The van der Waals surface area contributed by atoms with Crippen molar-refractivity contribution in [3.63, 3.8) is 0 Å². The van der Waals surface area contributed by atoms with E-state index >= 15 is 0 Å². The van der Waals surface area contributed by atoms with Crippen LogP contribution in [0.5, 0.6) is 0 Å². The van der Waals surface area contributed by atoms with E-state index in [9.17, 15) is 0 Å². The molecular weight excluding hydrogens is 238 g/mol. The van der Waals surface area contributed by atoms with E-state index in [-0.39, 0.29) is 0 Å². The third kappa shape index (κ3) is 2.73. The van der Waals surface area contributed by atoms with Gasteiger partial charge in [-0.25, -0.2) is 0 Å². The average molecular weight is 259 g/mol. The maximum atomic E-state index is 5.90. The molecule has 0 aromatic carbocycles. The first-order valence-electron chi connectivity index (χ1n) is 7.13. The summed E-state index contributed by atoms with van der Waals surface area (Å²) in [5.41, 5.74) is 2.28. The Balaban J connectivity index is 1.73. The molecule has 3 rings (SSSR count). The molecular formula is C15H21N3O. The SMILES string of the molecule is CCCn1ncc(-c2ccc(CNC3CC3)o2)c1C. The molecule has 102 valence electrons. The number of aryl methyl sites for hydroxylation is 1. The van der Waals surface area contributed by atoms with Crippen molar-refractivity contribution in [2.24, 2.45) is 0 Å². The zero-order valence-electron chi connectivity index (χ0n) is 11.6. The van der Waals surface area contributed by atoms with Gasteiger partial charge in [0.2, 0.25) is 0 Å². The van der Waals surface area contributed by atoms with E-state index in [1.807, 2.05) is 16.9 Å². The molecule has 0 saturated heterocycles. The van der Waals surface area contributed by atoms with Crippen molar-refractivity contribution in [2.45, 2.75) is 52.2 Å². The molecule has 0 bridgehead atoms. The molecule has 2 heterocycles. The lowest BCUT2D eigenvalue weighted by Gasteiger charge is -2.02. The zero-order chi connectivity index (χ0) is 13.2. The third-order valence-corrected chi connectivity index (χ3v) is 3.61. The molecule has 1 saturated carbocycles. The summed E-state index contributed by atoms with van der Waals surface area (Å²) < 4.78 is 7.95. The number of rotatable bonds is 6. The summed E-state index contributed by atoms with van der Waals surface area (Å²) in [7, 11) is 0. The number of aromatic nitrogens is 2. The van der Waals surface area contributed by atoms with E-state index < -0.39 is 0 Å². The average Bonchev–Trinajstić information content (AvgIpc) is 3.01. The molecule has 1 fully saturated rings. The van der Waals surface area contributed by atoms with Gasteiger partial charge in [0.1, 0.15) is 11.5 Å². The standard InChI is InChI=1S/C15H21N3O/c1-3-8-18-11(2)14(10-17-18)15-7-6-13(19-15)9-16-12-4-5-12/h6-7,10,12,16H,3-5,8-9H2,1-2H3. The van der Waals surface area contributed by atoms with Gasteiger partial charge in [0.05, 0.1) is 18.3 Å². The van der Waals surface area contributed by atoms with Crippen molar-refractivity contribution in [3.8, 4) is 11.3 Å². The predicted molar refractivity (Wildman–Crippen MR) is 74.8 cm³/mol. The Bertz CT molecular complexity index is 551. The monoisotopic (exact) mass is 259 g/mol. The second-order valence-electron chi connectivity index (χ2n) is 5.29. The highest BCUT2D eigenvalue weighted by molar-refractivity contribution is 5.59. The Morgan fingerprint density at radius 1 is 1.42 bits per heavy atom. The molecule has 0 spiro atoms. The van der Waals surface area contributed by atoms with Crippen LogP contribution in [0, 0.1) is 6.92 Å². The van der Waals surface area contributed by atoms with Gasteiger partial charge in [-0.05, 0) is 38.3 Å². The summed E-state index contributed by atoms with van der Waals surface area (Å²) in [6, 6.07) is 4.81. The Morgan fingerprint density at radius 2 is 2.26 bits per heavy atom. The first-order valence-corrected chi connectivity index (χ1v) is 7.13. The van der Waals surface area contributed by atoms with Crippen molar-refractivity contribution in [1.82, 2.24) is 15.1 Å². The minimum Gasteiger partial charge on any atom is -0.460 e. The second kappa shape index (κ2) is 5.21. The summed E-state index contributed by atoms with van der Waals surface area (Å²) >= 11 is 0. The maximum absolute atomic E-state index is 5.90. The molecule has 4 nitrogen and oxygen atoms in total. The summed E-state index contributed by atoms with van der Waals surface area (Å²) in [5, 5.41) is 7.88. The zero-order valence-corrected chi connectivity index (χ0v) is 11.6. The second-order valence-corrected chi connectivity index (χ2v) is 5.29. The van der Waals surface area contributed by atoms with Crippen LogP contribution in [0.1, 0.15) is 37.6 Å². The number of nitrogens with one attached hydrogen (secondary N) is 1. The molecule has 1 N–H and O–H groups in total. The molecule has 0 unspecified atom stereocenters. The number of furan rings is 1. The molecule has 1 aliphatic rings. The normalized spacial score (nSPS) is 15.1. The molecule has 0 radical (unpaired) electrons. The van der Waals surface area contributed by atoms with Gasteiger partial charge in [0.15, 0.2) is 0 Å². The minimum atomic E-state index is 0.711. The van der Waals surface area contributed by atoms with E-state index in [0.717, 1.165) is 36.6 Å². The van der Waals surface area contributed by atoms with Crippen molar-refractivity contribution in [3.05, 3.63) is 29.8 Å².